The normalized spacial score (nSPS) is 15.3. The Hall–Kier alpha value is -2.15. The van der Waals surface area contributed by atoms with Gasteiger partial charge in [0.2, 0.25) is 5.91 Å². The van der Waals surface area contributed by atoms with E-state index in [0.717, 1.165) is 25.9 Å². The van der Waals surface area contributed by atoms with Crippen LogP contribution in [0, 0.1) is 5.92 Å². The highest BCUT2D eigenvalue weighted by Gasteiger charge is 2.27. The van der Waals surface area contributed by atoms with Gasteiger partial charge >= 0.3 is 0 Å². The Labute approximate surface area is 180 Å². The van der Waals surface area contributed by atoms with Gasteiger partial charge in [0, 0.05) is 18.2 Å². The summed E-state index contributed by atoms with van der Waals surface area (Å²) in [5.41, 5.74) is 0.596. The number of aromatic nitrogens is 1. The Balaban J connectivity index is 1.72. The highest BCUT2D eigenvalue weighted by molar-refractivity contribution is 6.35. The first kappa shape index (κ1) is 21.6. The maximum Gasteiger partial charge on any atom is 0.258 e. The molecule has 0 atom stereocenters. The maximum absolute atomic E-state index is 12.8. The molecule has 154 valence electrons. The Morgan fingerprint density at radius 1 is 1.10 bits per heavy atom. The lowest BCUT2D eigenvalue weighted by Gasteiger charge is -2.34. The second-order valence-electron chi connectivity index (χ2n) is 7.37. The number of likely N-dealkylation sites (tertiary alicyclic amines) is 1. The van der Waals surface area contributed by atoms with Crippen LogP contribution >= 0.6 is 23.2 Å². The summed E-state index contributed by atoms with van der Waals surface area (Å²) in [4.78, 5) is 32.0. The van der Waals surface area contributed by atoms with Crippen molar-refractivity contribution in [2.24, 2.45) is 5.92 Å². The number of carbonyl (C=O) groups is 2. The summed E-state index contributed by atoms with van der Waals surface area (Å²) in [5.74, 6) is -0.264. The van der Waals surface area contributed by atoms with E-state index in [4.69, 9.17) is 23.2 Å². The molecule has 0 unspecified atom stereocenters. The number of carbonyl (C=O) groups excluding carboxylic acids is 2. The molecule has 1 aliphatic rings. The van der Waals surface area contributed by atoms with Crippen molar-refractivity contribution < 1.29 is 9.59 Å². The van der Waals surface area contributed by atoms with Gasteiger partial charge in [-0.3, -0.25) is 9.59 Å². The molecule has 1 saturated heterocycles. The van der Waals surface area contributed by atoms with Gasteiger partial charge in [-0.25, -0.2) is 4.98 Å². The minimum atomic E-state index is -0.410. The van der Waals surface area contributed by atoms with Crippen molar-refractivity contribution in [3.8, 4) is 0 Å². The molecule has 0 aliphatic carbocycles. The largest absolute Gasteiger partial charge is 0.324 e. The third-order valence-electron chi connectivity index (χ3n) is 5.11. The van der Waals surface area contributed by atoms with Gasteiger partial charge in [0.25, 0.3) is 5.91 Å². The Morgan fingerprint density at radius 3 is 2.45 bits per heavy atom. The van der Waals surface area contributed by atoms with Gasteiger partial charge in [-0.2, -0.15) is 0 Å². The van der Waals surface area contributed by atoms with Crippen LogP contribution in [0.15, 0.2) is 36.5 Å². The number of amides is 2. The van der Waals surface area contributed by atoms with E-state index in [1.807, 2.05) is 0 Å². The van der Waals surface area contributed by atoms with Crippen molar-refractivity contribution >= 4 is 46.5 Å². The summed E-state index contributed by atoms with van der Waals surface area (Å²) in [5, 5.41) is 6.36. The van der Waals surface area contributed by atoms with Crippen LogP contribution in [0.2, 0.25) is 10.0 Å². The fourth-order valence-corrected chi connectivity index (χ4v) is 3.71. The zero-order valence-corrected chi connectivity index (χ0v) is 17.9. The summed E-state index contributed by atoms with van der Waals surface area (Å²) < 4.78 is 0. The molecule has 0 radical (unpaired) electrons. The van der Waals surface area contributed by atoms with Crippen molar-refractivity contribution in [1.29, 1.82) is 0 Å². The summed E-state index contributed by atoms with van der Waals surface area (Å²) in [6.45, 7) is 6.08. The number of benzene rings is 1. The average Bonchev–Trinajstić information content (AvgIpc) is 2.71. The van der Waals surface area contributed by atoms with E-state index in [1.165, 1.54) is 6.20 Å². The first-order valence-electron chi connectivity index (χ1n) is 9.61. The zero-order chi connectivity index (χ0) is 21.0. The van der Waals surface area contributed by atoms with Crippen molar-refractivity contribution in [3.63, 3.8) is 0 Å². The van der Waals surface area contributed by atoms with Crippen LogP contribution in [0.5, 0.6) is 0 Å². The van der Waals surface area contributed by atoms with E-state index in [9.17, 15) is 9.59 Å². The number of pyridine rings is 1. The minimum Gasteiger partial charge on any atom is -0.324 e. The number of para-hydroxylation sites is 1. The predicted octanol–water partition coefficient (Wildman–Crippen LogP) is 4.70. The molecule has 0 spiro atoms. The molecule has 0 bridgehead atoms. The van der Waals surface area contributed by atoms with E-state index in [-0.39, 0.29) is 17.4 Å². The summed E-state index contributed by atoms with van der Waals surface area (Å²) in [7, 11) is 0. The number of anilines is 2. The number of nitrogens with one attached hydrogen (secondary N) is 2. The Bertz CT molecular complexity index is 879. The smallest absolute Gasteiger partial charge is 0.258 e. The van der Waals surface area contributed by atoms with E-state index < -0.39 is 5.91 Å². The topological polar surface area (TPSA) is 74.3 Å². The number of hydrogen-bond donors (Lipinski definition) is 2. The average molecular weight is 435 g/mol. The molecule has 1 aromatic carbocycles. The monoisotopic (exact) mass is 434 g/mol. The molecule has 0 saturated carbocycles. The predicted molar refractivity (Wildman–Crippen MR) is 117 cm³/mol. The lowest BCUT2D eigenvalue weighted by molar-refractivity contribution is -0.121. The second-order valence-corrected chi connectivity index (χ2v) is 8.22. The molecule has 3 rings (SSSR count). The molecule has 8 heteroatoms. The van der Waals surface area contributed by atoms with Crippen LogP contribution in [0.3, 0.4) is 0 Å². The Morgan fingerprint density at radius 2 is 1.83 bits per heavy atom. The van der Waals surface area contributed by atoms with Crippen LogP contribution in [0.25, 0.3) is 0 Å². The number of nitrogens with zero attached hydrogens (tertiary/aromatic N) is 2. The van der Waals surface area contributed by atoms with E-state index in [0.29, 0.717) is 27.6 Å². The van der Waals surface area contributed by atoms with Gasteiger partial charge in [-0.15, -0.1) is 0 Å². The molecule has 2 aromatic rings. The quantitative estimate of drug-likeness (QED) is 0.714. The maximum atomic E-state index is 12.8. The van der Waals surface area contributed by atoms with Crippen LogP contribution in [0.1, 0.15) is 37.0 Å². The highest BCUT2D eigenvalue weighted by atomic mass is 35.5. The third kappa shape index (κ3) is 5.47. The van der Waals surface area contributed by atoms with E-state index in [1.54, 1.807) is 30.3 Å². The van der Waals surface area contributed by atoms with E-state index in [2.05, 4.69) is 34.4 Å². The molecule has 29 heavy (non-hydrogen) atoms. The highest BCUT2D eigenvalue weighted by Crippen LogP contribution is 2.29. The fraction of sp³-hybridized carbons (Fsp3) is 0.381. The van der Waals surface area contributed by atoms with E-state index >= 15 is 0 Å². The zero-order valence-electron chi connectivity index (χ0n) is 16.4. The molecular weight excluding hydrogens is 411 g/mol. The van der Waals surface area contributed by atoms with Gasteiger partial charge in [-0.05, 0) is 64.0 Å². The van der Waals surface area contributed by atoms with Crippen molar-refractivity contribution in [1.82, 2.24) is 9.88 Å². The molecule has 2 N–H and O–H groups in total. The molecule has 1 aromatic heterocycles. The lowest BCUT2D eigenvalue weighted by atomic mass is 9.95. The Kier molecular flexibility index (Phi) is 7.11. The molecule has 1 aliphatic heterocycles. The fourth-order valence-electron chi connectivity index (χ4n) is 3.38. The summed E-state index contributed by atoms with van der Waals surface area (Å²) in [6, 6.07) is 8.65. The number of piperidine rings is 1. The second kappa shape index (κ2) is 9.57. The van der Waals surface area contributed by atoms with Gasteiger partial charge in [0.1, 0.15) is 5.82 Å². The molecular formula is C21H24Cl2N4O2. The number of halogens is 2. The number of hydrogen-bond acceptors (Lipinski definition) is 4. The molecule has 6 nitrogen and oxygen atoms in total. The van der Waals surface area contributed by atoms with Crippen LogP contribution in [-0.2, 0) is 4.79 Å². The first-order chi connectivity index (χ1) is 13.8. The van der Waals surface area contributed by atoms with Gasteiger partial charge in [-0.1, -0.05) is 29.3 Å². The lowest BCUT2D eigenvalue weighted by Crippen LogP contribution is -2.41. The SMILES string of the molecule is CC(C)N1CCC(C(=O)Nc2c(Cl)cccc2C(=O)Nc2ccc(Cl)cn2)CC1. The molecule has 2 amide bonds. The number of rotatable bonds is 5. The first-order valence-corrected chi connectivity index (χ1v) is 10.4. The van der Waals surface area contributed by atoms with Gasteiger partial charge in [0.05, 0.1) is 21.3 Å². The van der Waals surface area contributed by atoms with Crippen molar-refractivity contribution in [3.05, 3.63) is 52.1 Å². The minimum absolute atomic E-state index is 0.102. The van der Waals surface area contributed by atoms with Crippen LogP contribution in [0.4, 0.5) is 11.5 Å². The van der Waals surface area contributed by atoms with Gasteiger partial charge in [0.15, 0.2) is 0 Å². The third-order valence-corrected chi connectivity index (χ3v) is 5.64. The summed E-state index contributed by atoms with van der Waals surface area (Å²) in [6.07, 6.45) is 3.01. The van der Waals surface area contributed by atoms with Crippen molar-refractivity contribution in [2.75, 3.05) is 23.7 Å². The standard InChI is InChI=1S/C21H24Cl2N4O2/c1-13(2)27-10-8-14(9-11-27)20(28)26-19-16(4-3-5-17(19)23)21(29)25-18-7-6-15(22)12-24-18/h3-7,12-14H,8-11H2,1-2H3,(H,26,28)(H,24,25,29). The molecule has 1 fully saturated rings. The van der Waals surface area contributed by atoms with Crippen molar-refractivity contribution in [2.45, 2.75) is 32.7 Å². The van der Waals surface area contributed by atoms with Gasteiger partial charge < -0.3 is 15.5 Å². The van der Waals surface area contributed by atoms with Crippen LogP contribution in [-0.4, -0.2) is 40.8 Å². The van der Waals surface area contributed by atoms with Crippen LogP contribution < -0.4 is 10.6 Å². The molecule has 2 heterocycles. The summed E-state index contributed by atoms with van der Waals surface area (Å²) >= 11 is 12.1.